The van der Waals surface area contributed by atoms with E-state index < -0.39 is 5.60 Å². The molecule has 1 fully saturated rings. The standard InChI is InChI=1S/C19H18ClN3O2/c20-16-4-1-3-14(11-16)6-9-19(25)8-2-5-17(12-19)23-18(24)15-7-10-21-22-13-15/h1,3-4,7,10-11,13,17,25H,2,5,8,12H2,(H,23,24)/t17-,19+/m0/s1. The van der Waals surface area contributed by atoms with Crippen LogP contribution in [0.2, 0.25) is 5.02 Å². The van der Waals surface area contributed by atoms with Crippen LogP contribution >= 0.6 is 11.6 Å². The Bertz CT molecular complexity index is 816. The van der Waals surface area contributed by atoms with E-state index >= 15 is 0 Å². The molecule has 3 rings (SSSR count). The summed E-state index contributed by atoms with van der Waals surface area (Å²) in [5.41, 5.74) is 0.0960. The normalized spacial score (nSPS) is 22.6. The fraction of sp³-hybridized carbons (Fsp3) is 0.316. The zero-order valence-corrected chi connectivity index (χ0v) is 14.3. The summed E-state index contributed by atoms with van der Waals surface area (Å²) in [5, 5.41) is 21.7. The first-order valence-electron chi connectivity index (χ1n) is 8.13. The van der Waals surface area contributed by atoms with Gasteiger partial charge in [0.05, 0.1) is 18.0 Å². The lowest BCUT2D eigenvalue weighted by atomic mass is 9.82. The van der Waals surface area contributed by atoms with Crippen LogP contribution in [0, 0.1) is 11.8 Å². The molecule has 2 atom stereocenters. The third kappa shape index (κ3) is 4.79. The van der Waals surface area contributed by atoms with Gasteiger partial charge in [-0.05, 0) is 43.5 Å². The Morgan fingerprint density at radius 2 is 2.24 bits per heavy atom. The van der Waals surface area contributed by atoms with Crippen molar-refractivity contribution in [1.29, 1.82) is 0 Å². The van der Waals surface area contributed by atoms with Crippen LogP contribution in [0.5, 0.6) is 0 Å². The number of hydrogen-bond acceptors (Lipinski definition) is 4. The molecule has 0 aliphatic heterocycles. The van der Waals surface area contributed by atoms with Crippen molar-refractivity contribution in [3.05, 3.63) is 58.9 Å². The molecule has 0 unspecified atom stereocenters. The molecule has 0 saturated heterocycles. The van der Waals surface area contributed by atoms with Crippen molar-refractivity contribution in [3.8, 4) is 11.8 Å². The Labute approximate surface area is 151 Å². The molecule has 25 heavy (non-hydrogen) atoms. The summed E-state index contributed by atoms with van der Waals surface area (Å²) in [4.78, 5) is 12.2. The van der Waals surface area contributed by atoms with E-state index in [1.165, 1.54) is 12.4 Å². The molecule has 2 N–H and O–H groups in total. The molecule has 0 bridgehead atoms. The number of aliphatic hydroxyl groups is 1. The van der Waals surface area contributed by atoms with Gasteiger partial charge in [-0.15, -0.1) is 0 Å². The first-order chi connectivity index (χ1) is 12.0. The Morgan fingerprint density at radius 3 is 3.00 bits per heavy atom. The second-order valence-corrected chi connectivity index (χ2v) is 6.63. The number of amides is 1. The maximum Gasteiger partial charge on any atom is 0.253 e. The highest BCUT2D eigenvalue weighted by Gasteiger charge is 2.33. The molecule has 2 aromatic rings. The molecule has 128 valence electrons. The van der Waals surface area contributed by atoms with Gasteiger partial charge in [0, 0.05) is 23.0 Å². The number of benzene rings is 1. The number of carbonyl (C=O) groups is 1. The van der Waals surface area contributed by atoms with E-state index in [-0.39, 0.29) is 11.9 Å². The molecule has 1 aromatic heterocycles. The summed E-state index contributed by atoms with van der Waals surface area (Å²) < 4.78 is 0. The van der Waals surface area contributed by atoms with Crippen LogP contribution in [0.25, 0.3) is 0 Å². The fourth-order valence-electron chi connectivity index (χ4n) is 2.94. The molecule has 1 heterocycles. The fourth-order valence-corrected chi connectivity index (χ4v) is 3.13. The van der Waals surface area contributed by atoms with E-state index in [1.54, 1.807) is 18.2 Å². The van der Waals surface area contributed by atoms with Gasteiger partial charge in [-0.2, -0.15) is 10.2 Å². The summed E-state index contributed by atoms with van der Waals surface area (Å²) in [6, 6.07) is 8.69. The van der Waals surface area contributed by atoms with Crippen LogP contribution in [0.3, 0.4) is 0 Å². The van der Waals surface area contributed by atoms with Crippen molar-refractivity contribution in [2.24, 2.45) is 0 Å². The molecule has 1 amide bonds. The zero-order chi connectivity index (χ0) is 17.7. The molecular formula is C19H18ClN3O2. The van der Waals surface area contributed by atoms with E-state index in [2.05, 4.69) is 27.4 Å². The summed E-state index contributed by atoms with van der Waals surface area (Å²) in [6.45, 7) is 0. The summed E-state index contributed by atoms with van der Waals surface area (Å²) in [7, 11) is 0. The first kappa shape index (κ1) is 17.4. The molecule has 6 heteroatoms. The Morgan fingerprint density at radius 1 is 1.36 bits per heavy atom. The van der Waals surface area contributed by atoms with E-state index in [1.807, 2.05) is 12.1 Å². The largest absolute Gasteiger partial charge is 0.378 e. The van der Waals surface area contributed by atoms with Gasteiger partial charge in [0.2, 0.25) is 0 Å². The van der Waals surface area contributed by atoms with E-state index in [4.69, 9.17) is 11.6 Å². The predicted octanol–water partition coefficient (Wildman–Crippen LogP) is 2.59. The molecule has 1 aliphatic carbocycles. The lowest BCUT2D eigenvalue weighted by Crippen LogP contribution is -2.45. The van der Waals surface area contributed by atoms with Gasteiger partial charge in [-0.3, -0.25) is 4.79 Å². The van der Waals surface area contributed by atoms with Gasteiger partial charge in [0.25, 0.3) is 5.91 Å². The van der Waals surface area contributed by atoms with E-state index in [0.29, 0.717) is 23.4 Å². The van der Waals surface area contributed by atoms with Crippen molar-refractivity contribution in [3.63, 3.8) is 0 Å². The minimum absolute atomic E-state index is 0.131. The smallest absolute Gasteiger partial charge is 0.253 e. The second-order valence-electron chi connectivity index (χ2n) is 6.19. The first-order valence-corrected chi connectivity index (χ1v) is 8.51. The van der Waals surface area contributed by atoms with Gasteiger partial charge < -0.3 is 10.4 Å². The summed E-state index contributed by atoms with van der Waals surface area (Å²) in [6.07, 6.45) is 5.48. The van der Waals surface area contributed by atoms with Crippen molar-refractivity contribution in [1.82, 2.24) is 15.5 Å². The number of nitrogens with zero attached hydrogens (tertiary/aromatic N) is 2. The van der Waals surface area contributed by atoms with Gasteiger partial charge in [-0.25, -0.2) is 0 Å². The molecule has 1 aromatic carbocycles. The minimum Gasteiger partial charge on any atom is -0.378 e. The van der Waals surface area contributed by atoms with Crippen LogP contribution in [-0.2, 0) is 0 Å². The number of rotatable bonds is 2. The number of hydrogen-bond donors (Lipinski definition) is 2. The molecule has 1 saturated carbocycles. The highest BCUT2D eigenvalue weighted by Crippen LogP contribution is 2.28. The lowest BCUT2D eigenvalue weighted by molar-refractivity contribution is 0.0452. The maximum absolute atomic E-state index is 12.2. The Hall–Kier alpha value is -2.42. The lowest BCUT2D eigenvalue weighted by Gasteiger charge is -2.33. The maximum atomic E-state index is 12.2. The van der Waals surface area contributed by atoms with Crippen LogP contribution in [0.4, 0.5) is 0 Å². The van der Waals surface area contributed by atoms with Gasteiger partial charge in [0.1, 0.15) is 5.60 Å². The Balaban J connectivity index is 1.67. The number of carbonyl (C=O) groups excluding carboxylic acids is 1. The SMILES string of the molecule is O=C(N[C@H]1CCC[C@@](O)(C#Cc2cccc(Cl)c2)C1)c1ccnnc1. The predicted molar refractivity (Wildman–Crippen MR) is 95.0 cm³/mol. The molecule has 1 aliphatic rings. The average molecular weight is 356 g/mol. The summed E-state index contributed by atoms with van der Waals surface area (Å²) in [5.74, 6) is 5.73. The zero-order valence-electron chi connectivity index (χ0n) is 13.6. The van der Waals surface area contributed by atoms with Crippen molar-refractivity contribution >= 4 is 17.5 Å². The number of aromatic nitrogens is 2. The van der Waals surface area contributed by atoms with Crippen molar-refractivity contribution < 1.29 is 9.90 Å². The average Bonchev–Trinajstić information content (AvgIpc) is 2.61. The van der Waals surface area contributed by atoms with Crippen LogP contribution < -0.4 is 5.32 Å². The van der Waals surface area contributed by atoms with E-state index in [0.717, 1.165) is 18.4 Å². The number of nitrogens with one attached hydrogen (secondary N) is 1. The quantitative estimate of drug-likeness (QED) is 0.812. The highest BCUT2D eigenvalue weighted by molar-refractivity contribution is 6.30. The highest BCUT2D eigenvalue weighted by atomic mass is 35.5. The van der Waals surface area contributed by atoms with Crippen LogP contribution in [0.15, 0.2) is 42.7 Å². The van der Waals surface area contributed by atoms with E-state index in [9.17, 15) is 9.90 Å². The van der Waals surface area contributed by atoms with Crippen molar-refractivity contribution in [2.75, 3.05) is 0 Å². The molecule has 5 nitrogen and oxygen atoms in total. The summed E-state index contributed by atoms with van der Waals surface area (Å²) >= 11 is 5.95. The molecule has 0 radical (unpaired) electrons. The second kappa shape index (κ2) is 7.64. The topological polar surface area (TPSA) is 75.1 Å². The van der Waals surface area contributed by atoms with Gasteiger partial charge >= 0.3 is 0 Å². The third-order valence-corrected chi connectivity index (χ3v) is 4.41. The Kier molecular flexibility index (Phi) is 5.32. The van der Waals surface area contributed by atoms with Crippen molar-refractivity contribution in [2.45, 2.75) is 37.3 Å². The van der Waals surface area contributed by atoms with Crippen LogP contribution in [0.1, 0.15) is 41.6 Å². The van der Waals surface area contributed by atoms with Gasteiger partial charge in [0.15, 0.2) is 0 Å². The minimum atomic E-state index is -1.12. The molecule has 0 spiro atoms. The van der Waals surface area contributed by atoms with Crippen LogP contribution in [-0.4, -0.2) is 32.9 Å². The number of halogens is 1. The van der Waals surface area contributed by atoms with Gasteiger partial charge in [-0.1, -0.05) is 29.5 Å². The monoisotopic (exact) mass is 355 g/mol. The third-order valence-electron chi connectivity index (χ3n) is 4.17. The molecular weight excluding hydrogens is 338 g/mol.